The third-order valence-electron chi connectivity index (χ3n) is 14.0. The van der Waals surface area contributed by atoms with Gasteiger partial charge in [0.1, 0.15) is 5.58 Å². The van der Waals surface area contributed by atoms with Gasteiger partial charge in [0.05, 0.1) is 11.8 Å². The van der Waals surface area contributed by atoms with E-state index in [-0.39, 0.29) is 29.5 Å². The van der Waals surface area contributed by atoms with Gasteiger partial charge in [-0.3, -0.25) is 4.79 Å². The molecule has 46 heavy (non-hydrogen) atoms. The van der Waals surface area contributed by atoms with E-state index in [4.69, 9.17) is 9.25 Å². The Balaban J connectivity index is 0.888. The number of fused-ring (bicyclic) bond motifs is 7. The molecule has 0 saturated heterocycles. The Morgan fingerprint density at radius 2 is 1.89 bits per heavy atom. The summed E-state index contributed by atoms with van der Waals surface area (Å²) in [5.74, 6) is 2.89. The van der Waals surface area contributed by atoms with Crippen LogP contribution in [-0.2, 0) is 28.9 Å². The van der Waals surface area contributed by atoms with E-state index in [9.17, 15) is 14.7 Å². The van der Waals surface area contributed by atoms with Crippen LogP contribution in [0.1, 0.15) is 114 Å². The number of benzene rings is 1. The van der Waals surface area contributed by atoms with E-state index < -0.39 is 0 Å². The number of nitrogens with zero attached hydrogens (tertiary/aromatic N) is 2. The predicted octanol–water partition coefficient (Wildman–Crippen LogP) is 7.16. The highest BCUT2D eigenvalue weighted by Gasteiger charge is 2.59. The van der Waals surface area contributed by atoms with Gasteiger partial charge in [0.25, 0.3) is 0 Å². The van der Waals surface area contributed by atoms with Crippen molar-refractivity contribution in [2.24, 2.45) is 39.7 Å². The fourth-order valence-corrected chi connectivity index (χ4v) is 11.6. The van der Waals surface area contributed by atoms with Crippen LogP contribution in [-0.4, -0.2) is 42.4 Å². The molecule has 1 aromatic heterocycles. The van der Waals surface area contributed by atoms with E-state index in [0.717, 1.165) is 92.8 Å². The lowest BCUT2D eigenvalue weighted by Gasteiger charge is -2.60. The molecule has 7 heteroatoms. The first-order chi connectivity index (χ1) is 22.2. The van der Waals surface area contributed by atoms with Gasteiger partial charge in [-0.2, -0.15) is 0 Å². The SMILES string of the molecule is C[C@]12CCC3C(CC[C@H]4C[C@H](O)CC[C@]34C)C1CC/C2=N\OCC(=O)CCCc1cc(=O)oc2c3c4c(cc12)CCCN4CCC3. The molecule has 0 bridgehead atoms. The third kappa shape index (κ3) is 5.05. The van der Waals surface area contributed by atoms with E-state index in [1.165, 1.54) is 54.6 Å². The van der Waals surface area contributed by atoms with Crippen LogP contribution in [0.4, 0.5) is 5.69 Å². The summed E-state index contributed by atoms with van der Waals surface area (Å²) in [5, 5.41) is 16.1. The normalized spacial score (nSPS) is 35.8. The summed E-state index contributed by atoms with van der Waals surface area (Å²) in [5.41, 5.74) is 6.96. The molecule has 7 nitrogen and oxygen atoms in total. The first-order valence-corrected chi connectivity index (χ1v) is 18.5. The Kier molecular flexibility index (Phi) is 7.85. The number of hydrogen-bond donors (Lipinski definition) is 1. The molecule has 2 aromatic rings. The van der Waals surface area contributed by atoms with Crippen molar-refractivity contribution in [3.63, 3.8) is 0 Å². The van der Waals surface area contributed by atoms with Gasteiger partial charge in [0.2, 0.25) is 0 Å². The molecule has 1 aromatic carbocycles. The lowest BCUT2D eigenvalue weighted by molar-refractivity contribution is -0.123. The van der Waals surface area contributed by atoms with Crippen LogP contribution in [0.3, 0.4) is 0 Å². The zero-order chi connectivity index (χ0) is 31.6. The molecule has 3 unspecified atom stereocenters. The maximum atomic E-state index is 12.9. The van der Waals surface area contributed by atoms with Crippen LogP contribution < -0.4 is 10.5 Å². The Hall–Kier alpha value is -2.67. The van der Waals surface area contributed by atoms with Crippen molar-refractivity contribution < 1.29 is 19.2 Å². The number of carbonyl (C=O) groups is 1. The number of aliphatic hydroxyl groups excluding tert-OH is 1. The topological polar surface area (TPSA) is 92.3 Å². The standard InChI is InChI=1S/C39H52N2O5/c1-38-16-14-27(42)22-26(38)10-11-29-32-12-13-34(39(32,2)17-15-33(29)38)40-45-23-28(43)8-3-6-24-21-35(44)46-37-30-9-5-19-41-18-4-7-25(36(30)41)20-31(24)37/h20-21,26-27,29,32-33,42H,3-19,22-23H2,1-2H3/b40-34+/t26-,27+,29?,32?,33?,38-,39-/m0/s1. The number of oxime groups is 1. The van der Waals surface area contributed by atoms with Gasteiger partial charge in [-0.25, -0.2) is 4.79 Å². The van der Waals surface area contributed by atoms with Crippen molar-refractivity contribution in [2.75, 3.05) is 24.6 Å². The van der Waals surface area contributed by atoms with Crippen molar-refractivity contribution in [1.82, 2.24) is 0 Å². The second kappa shape index (κ2) is 11.8. The highest BCUT2D eigenvalue weighted by molar-refractivity contribution is 5.92. The van der Waals surface area contributed by atoms with Crippen LogP contribution in [0, 0.1) is 34.5 Å². The molecule has 3 heterocycles. The predicted molar refractivity (Wildman–Crippen MR) is 180 cm³/mol. The molecular weight excluding hydrogens is 576 g/mol. The number of anilines is 1. The van der Waals surface area contributed by atoms with Crippen molar-refractivity contribution >= 4 is 28.2 Å². The maximum Gasteiger partial charge on any atom is 0.336 e. The number of carbonyl (C=O) groups excluding carboxylic acids is 1. The fourth-order valence-electron chi connectivity index (χ4n) is 11.6. The second-order valence-electron chi connectivity index (χ2n) is 16.3. The highest BCUT2D eigenvalue weighted by atomic mass is 16.6. The molecule has 2 aliphatic heterocycles. The zero-order valence-electron chi connectivity index (χ0n) is 28.0. The number of rotatable bonds is 7. The Morgan fingerprint density at radius 1 is 1.04 bits per heavy atom. The molecular formula is C39H52N2O5. The summed E-state index contributed by atoms with van der Waals surface area (Å²) in [4.78, 5) is 33.8. The summed E-state index contributed by atoms with van der Waals surface area (Å²) in [6.07, 6.45) is 16.2. The van der Waals surface area contributed by atoms with Crippen molar-refractivity contribution in [3.05, 3.63) is 39.2 Å². The monoisotopic (exact) mass is 628 g/mol. The third-order valence-corrected chi connectivity index (χ3v) is 14.0. The van der Waals surface area contributed by atoms with Gasteiger partial charge < -0.3 is 19.3 Å². The van der Waals surface area contributed by atoms with Gasteiger partial charge >= 0.3 is 5.63 Å². The number of hydrogen-bond acceptors (Lipinski definition) is 7. The summed E-state index contributed by atoms with van der Waals surface area (Å²) in [6.45, 7) is 7.13. The molecule has 8 rings (SSSR count). The van der Waals surface area contributed by atoms with Gasteiger partial charge in [-0.05, 0) is 143 Å². The summed E-state index contributed by atoms with van der Waals surface area (Å²) < 4.78 is 5.82. The Bertz CT molecular complexity index is 1610. The van der Waals surface area contributed by atoms with E-state index in [2.05, 4.69) is 30.0 Å². The molecule has 0 radical (unpaired) electrons. The van der Waals surface area contributed by atoms with E-state index in [1.54, 1.807) is 6.07 Å². The minimum absolute atomic E-state index is 0.0174. The van der Waals surface area contributed by atoms with Crippen LogP contribution in [0.5, 0.6) is 0 Å². The minimum Gasteiger partial charge on any atom is -0.422 e. The molecule has 4 aliphatic carbocycles. The van der Waals surface area contributed by atoms with E-state index in [1.807, 2.05) is 0 Å². The van der Waals surface area contributed by atoms with Crippen LogP contribution >= 0.6 is 0 Å². The summed E-state index contributed by atoms with van der Waals surface area (Å²) in [7, 11) is 0. The molecule has 0 spiro atoms. The highest BCUT2D eigenvalue weighted by Crippen LogP contribution is 2.65. The van der Waals surface area contributed by atoms with E-state index >= 15 is 0 Å². The van der Waals surface area contributed by atoms with Crippen LogP contribution in [0.2, 0.25) is 0 Å². The van der Waals surface area contributed by atoms with Crippen molar-refractivity contribution in [3.8, 4) is 0 Å². The summed E-state index contributed by atoms with van der Waals surface area (Å²) >= 11 is 0. The Morgan fingerprint density at radius 3 is 2.76 bits per heavy atom. The largest absolute Gasteiger partial charge is 0.422 e. The molecule has 7 atom stereocenters. The first-order valence-electron chi connectivity index (χ1n) is 18.5. The van der Waals surface area contributed by atoms with Crippen LogP contribution in [0.15, 0.2) is 26.5 Å². The lowest BCUT2D eigenvalue weighted by atomic mass is 9.45. The van der Waals surface area contributed by atoms with Crippen molar-refractivity contribution in [2.45, 2.75) is 123 Å². The van der Waals surface area contributed by atoms with Gasteiger partial charge in [-0.1, -0.05) is 19.0 Å². The lowest BCUT2D eigenvalue weighted by Crippen LogP contribution is -2.54. The molecule has 0 amide bonds. The maximum absolute atomic E-state index is 12.9. The van der Waals surface area contributed by atoms with Gasteiger partial charge in [-0.15, -0.1) is 0 Å². The number of aliphatic hydroxyl groups is 1. The zero-order valence-corrected chi connectivity index (χ0v) is 28.0. The molecule has 4 saturated carbocycles. The average Bonchev–Trinajstić information content (AvgIpc) is 3.38. The van der Waals surface area contributed by atoms with Gasteiger partial charge in [0.15, 0.2) is 12.4 Å². The first kappa shape index (κ1) is 30.7. The number of Topliss-reactive ketones (excluding diaryl/α,β-unsaturated/α-hetero) is 1. The van der Waals surface area contributed by atoms with Gasteiger partial charge in [0, 0.05) is 47.6 Å². The second-order valence-corrected chi connectivity index (χ2v) is 16.3. The quantitative estimate of drug-likeness (QED) is 0.258. The molecule has 248 valence electrons. The number of aryl methyl sites for hydroxylation is 3. The minimum atomic E-state index is -0.297. The Labute approximate surface area is 273 Å². The molecule has 1 N–H and O–H groups in total. The smallest absolute Gasteiger partial charge is 0.336 e. The van der Waals surface area contributed by atoms with E-state index in [0.29, 0.717) is 36.5 Å². The molecule has 4 fully saturated rings. The van der Waals surface area contributed by atoms with Crippen LogP contribution in [0.25, 0.3) is 11.0 Å². The fraction of sp³-hybridized carbons (Fsp3) is 0.718. The van der Waals surface area contributed by atoms with Crippen molar-refractivity contribution in [1.29, 1.82) is 0 Å². The summed E-state index contributed by atoms with van der Waals surface area (Å²) in [6, 6.07) is 3.88. The average molecular weight is 629 g/mol. The number of ketones is 1. The molecule has 6 aliphatic rings.